The van der Waals surface area contributed by atoms with Crippen molar-refractivity contribution < 1.29 is 18.0 Å². The molecule has 1 aromatic heterocycles. The largest absolute Gasteiger partial charge is 0.342 e. The molecule has 2 heterocycles. The van der Waals surface area contributed by atoms with Gasteiger partial charge in [0.2, 0.25) is 12.3 Å². The van der Waals surface area contributed by atoms with Crippen LogP contribution in [0.1, 0.15) is 0 Å². The molecule has 0 aliphatic carbocycles. The van der Waals surface area contributed by atoms with E-state index in [9.17, 15) is 18.0 Å². The van der Waals surface area contributed by atoms with Crippen molar-refractivity contribution >= 4 is 49.6 Å². The summed E-state index contributed by atoms with van der Waals surface area (Å²) < 4.78 is 27.1. The van der Waals surface area contributed by atoms with Crippen LogP contribution in [0, 0.1) is 0 Å². The molecule has 0 spiro atoms. The highest BCUT2D eigenvalue weighted by Crippen LogP contribution is 2.25. The molecule has 21 heavy (non-hydrogen) atoms. The third-order valence-corrected chi connectivity index (χ3v) is 6.56. The minimum Gasteiger partial charge on any atom is -0.342 e. The second-order valence-electron chi connectivity index (χ2n) is 4.41. The molecule has 1 fully saturated rings. The highest BCUT2D eigenvalue weighted by Gasteiger charge is 2.23. The molecule has 1 aromatic rings. The Bertz CT molecular complexity index is 623. The highest BCUT2D eigenvalue weighted by molar-refractivity contribution is 9.11. The number of carbonyl (C=O) groups is 2. The second-order valence-corrected chi connectivity index (χ2v) is 8.86. The van der Waals surface area contributed by atoms with Gasteiger partial charge in [0.1, 0.15) is 4.21 Å². The monoisotopic (exact) mass is 395 g/mol. The predicted octanol–water partition coefficient (Wildman–Crippen LogP) is 0.0895. The number of nitrogens with zero attached hydrogens (tertiary/aromatic N) is 2. The maximum atomic E-state index is 12.0. The molecule has 2 amide bonds. The minimum absolute atomic E-state index is 0.160. The van der Waals surface area contributed by atoms with Crippen LogP contribution in [0.5, 0.6) is 0 Å². The topological polar surface area (TPSA) is 86.8 Å². The van der Waals surface area contributed by atoms with Gasteiger partial charge >= 0.3 is 0 Å². The molecule has 0 atom stereocenters. The van der Waals surface area contributed by atoms with Gasteiger partial charge in [-0.1, -0.05) is 0 Å². The smallest absolute Gasteiger partial charge is 0.250 e. The van der Waals surface area contributed by atoms with Crippen molar-refractivity contribution in [2.75, 3.05) is 32.7 Å². The fourth-order valence-corrected chi connectivity index (χ4v) is 4.89. The lowest BCUT2D eigenvalue weighted by Crippen LogP contribution is -2.50. The molecule has 1 aliphatic heterocycles. The number of rotatable bonds is 5. The van der Waals surface area contributed by atoms with E-state index >= 15 is 0 Å². The van der Waals surface area contributed by atoms with Gasteiger partial charge in [0.15, 0.2) is 0 Å². The summed E-state index contributed by atoms with van der Waals surface area (Å²) in [4.78, 5) is 25.7. The van der Waals surface area contributed by atoms with Crippen LogP contribution in [0.2, 0.25) is 0 Å². The van der Waals surface area contributed by atoms with E-state index in [0.717, 1.165) is 17.7 Å². The summed E-state index contributed by atoms with van der Waals surface area (Å²) in [5.41, 5.74) is 0. The molecule has 10 heteroatoms. The Morgan fingerprint density at radius 2 is 2.00 bits per heavy atom. The standard InChI is InChI=1S/C11H14BrN3O4S2/c12-9-1-2-11(20-9)21(18,19)13-7-10(17)15-5-3-14(8-16)4-6-15/h1-2,8,13H,3-7H2. The van der Waals surface area contributed by atoms with Gasteiger partial charge in [0.25, 0.3) is 10.0 Å². The summed E-state index contributed by atoms with van der Waals surface area (Å²) in [7, 11) is -3.66. The van der Waals surface area contributed by atoms with Crippen molar-refractivity contribution in [3.05, 3.63) is 15.9 Å². The molecule has 7 nitrogen and oxygen atoms in total. The first-order valence-corrected chi connectivity index (χ1v) is 9.24. The third-order valence-electron chi connectivity index (χ3n) is 3.04. The van der Waals surface area contributed by atoms with Crippen LogP contribution < -0.4 is 4.72 Å². The molecular weight excluding hydrogens is 382 g/mol. The van der Waals surface area contributed by atoms with Crippen molar-refractivity contribution in [3.63, 3.8) is 0 Å². The summed E-state index contributed by atoms with van der Waals surface area (Å²) in [5.74, 6) is -0.292. The first-order valence-electron chi connectivity index (χ1n) is 6.14. The number of sulfonamides is 1. The first kappa shape index (κ1) is 16.4. The second kappa shape index (κ2) is 6.86. The van der Waals surface area contributed by atoms with Crippen LogP contribution in [0.25, 0.3) is 0 Å². The van der Waals surface area contributed by atoms with Crippen LogP contribution >= 0.6 is 27.3 Å². The number of hydrogen-bond acceptors (Lipinski definition) is 5. The average Bonchev–Trinajstić information content (AvgIpc) is 2.92. The number of halogens is 1. The molecule has 1 aliphatic rings. The Kier molecular flexibility index (Phi) is 5.36. The van der Waals surface area contributed by atoms with Gasteiger partial charge in [-0.2, -0.15) is 0 Å². The van der Waals surface area contributed by atoms with Crippen LogP contribution in [0.15, 0.2) is 20.1 Å². The lowest BCUT2D eigenvalue weighted by molar-refractivity contribution is -0.134. The van der Waals surface area contributed by atoms with Gasteiger partial charge in [-0.05, 0) is 28.1 Å². The lowest BCUT2D eigenvalue weighted by atomic mass is 10.3. The predicted molar refractivity (Wildman–Crippen MR) is 81.4 cm³/mol. The number of piperazine rings is 1. The van der Waals surface area contributed by atoms with E-state index in [-0.39, 0.29) is 16.7 Å². The van der Waals surface area contributed by atoms with E-state index in [1.165, 1.54) is 6.07 Å². The quantitative estimate of drug-likeness (QED) is 0.715. The Morgan fingerprint density at radius 1 is 1.33 bits per heavy atom. The molecule has 1 N–H and O–H groups in total. The van der Waals surface area contributed by atoms with Crippen molar-refractivity contribution in [2.24, 2.45) is 0 Å². The number of amides is 2. The van der Waals surface area contributed by atoms with Gasteiger partial charge in [-0.15, -0.1) is 11.3 Å². The van der Waals surface area contributed by atoms with Gasteiger partial charge in [-0.3, -0.25) is 9.59 Å². The van der Waals surface area contributed by atoms with Crippen LogP contribution in [-0.4, -0.2) is 63.3 Å². The Hall–Kier alpha value is -0.970. The van der Waals surface area contributed by atoms with Crippen molar-refractivity contribution in [1.82, 2.24) is 14.5 Å². The van der Waals surface area contributed by atoms with Crippen LogP contribution in [0.3, 0.4) is 0 Å². The molecular formula is C11H14BrN3O4S2. The summed E-state index contributed by atoms with van der Waals surface area (Å²) >= 11 is 4.28. The molecule has 0 bridgehead atoms. The number of thiophene rings is 1. The number of hydrogen-bond donors (Lipinski definition) is 1. The summed E-state index contributed by atoms with van der Waals surface area (Å²) in [6, 6.07) is 3.12. The molecule has 0 unspecified atom stereocenters. The zero-order valence-electron chi connectivity index (χ0n) is 11.0. The Morgan fingerprint density at radius 3 is 2.52 bits per heavy atom. The highest BCUT2D eigenvalue weighted by atomic mass is 79.9. The minimum atomic E-state index is -3.66. The van der Waals surface area contributed by atoms with Crippen molar-refractivity contribution in [2.45, 2.75) is 4.21 Å². The molecule has 2 rings (SSSR count). The SMILES string of the molecule is O=CN1CCN(C(=O)CNS(=O)(=O)c2ccc(Br)s2)CC1. The zero-order valence-corrected chi connectivity index (χ0v) is 14.2. The van der Waals surface area contributed by atoms with Gasteiger partial charge < -0.3 is 9.80 Å². The average molecular weight is 396 g/mol. The maximum absolute atomic E-state index is 12.0. The summed E-state index contributed by atoms with van der Waals surface area (Å²) in [5, 5.41) is 0. The maximum Gasteiger partial charge on any atom is 0.250 e. The zero-order chi connectivity index (χ0) is 15.5. The fraction of sp³-hybridized carbons (Fsp3) is 0.455. The van der Waals surface area contributed by atoms with E-state index in [0.29, 0.717) is 30.0 Å². The van der Waals surface area contributed by atoms with E-state index in [1.54, 1.807) is 15.9 Å². The number of nitrogens with one attached hydrogen (secondary N) is 1. The molecule has 116 valence electrons. The van der Waals surface area contributed by atoms with Gasteiger partial charge in [0.05, 0.1) is 10.3 Å². The lowest BCUT2D eigenvalue weighted by Gasteiger charge is -2.32. The first-order chi connectivity index (χ1) is 9.92. The summed E-state index contributed by atoms with van der Waals surface area (Å²) in [6.07, 6.45) is 0.749. The van der Waals surface area contributed by atoms with Gasteiger partial charge in [-0.25, -0.2) is 13.1 Å². The van der Waals surface area contributed by atoms with E-state index < -0.39 is 10.0 Å². The van der Waals surface area contributed by atoms with Gasteiger partial charge in [0, 0.05) is 26.2 Å². The Balaban J connectivity index is 1.88. The summed E-state index contributed by atoms with van der Waals surface area (Å²) in [6.45, 7) is 1.51. The molecule has 0 radical (unpaired) electrons. The van der Waals surface area contributed by atoms with E-state index in [4.69, 9.17) is 0 Å². The van der Waals surface area contributed by atoms with E-state index in [2.05, 4.69) is 20.7 Å². The third kappa shape index (κ3) is 4.25. The normalized spacial score (nSPS) is 16.0. The van der Waals surface area contributed by atoms with Crippen LogP contribution in [-0.2, 0) is 19.6 Å². The van der Waals surface area contributed by atoms with Crippen molar-refractivity contribution in [1.29, 1.82) is 0 Å². The Labute approximate surface area is 135 Å². The van der Waals surface area contributed by atoms with Crippen LogP contribution in [0.4, 0.5) is 0 Å². The molecule has 1 saturated heterocycles. The number of carbonyl (C=O) groups excluding carboxylic acids is 2. The fourth-order valence-electron chi connectivity index (χ4n) is 1.86. The molecule has 0 aromatic carbocycles. The van der Waals surface area contributed by atoms with E-state index in [1.807, 2.05) is 0 Å². The van der Waals surface area contributed by atoms with Crippen molar-refractivity contribution in [3.8, 4) is 0 Å². The molecule has 0 saturated carbocycles.